The summed E-state index contributed by atoms with van der Waals surface area (Å²) in [4.78, 5) is 96.7. The van der Waals surface area contributed by atoms with Gasteiger partial charge in [-0.25, -0.2) is 0 Å². The van der Waals surface area contributed by atoms with Crippen molar-refractivity contribution in [1.29, 1.82) is 0 Å². The summed E-state index contributed by atoms with van der Waals surface area (Å²) in [6.45, 7) is 48.0. The molecule has 4 rings (SSSR count). The maximum absolute atomic E-state index is 12.5. The zero-order chi connectivity index (χ0) is 76.8. The molecule has 0 heterocycles. The van der Waals surface area contributed by atoms with Gasteiger partial charge in [0.05, 0.1) is 22.4 Å². The van der Waals surface area contributed by atoms with Crippen LogP contribution in [0.3, 0.4) is 0 Å². The molecule has 12 nitrogen and oxygen atoms in total. The van der Waals surface area contributed by atoms with Crippen molar-refractivity contribution in [2.45, 2.75) is 368 Å². The molecule has 0 spiro atoms. The second-order valence-corrected chi connectivity index (χ2v) is 34.3. The Bertz CT molecular complexity index is 3000. The van der Waals surface area contributed by atoms with Gasteiger partial charge in [-0.05, 0) is 257 Å². The van der Waals surface area contributed by atoms with Crippen LogP contribution in [0.15, 0.2) is 91.2 Å². The lowest BCUT2D eigenvalue weighted by molar-refractivity contribution is -0.116. The topological polar surface area (TPSA) is 217 Å². The Morgan fingerprint density at radius 2 is 0.580 bits per heavy atom. The summed E-state index contributed by atoms with van der Waals surface area (Å²) in [5.41, 5.74) is 3.35. The van der Waals surface area contributed by atoms with Gasteiger partial charge in [-0.15, -0.1) is 0 Å². The Morgan fingerprint density at radius 1 is 0.280 bits per heavy atom. The summed E-state index contributed by atoms with van der Waals surface area (Å²) in [5.74, 6) is 4.93. The van der Waals surface area contributed by atoms with Gasteiger partial charge < -0.3 is 20.4 Å². The second kappa shape index (κ2) is 44.7. The van der Waals surface area contributed by atoms with E-state index in [1.807, 2.05) is 27.7 Å². The minimum Gasteiger partial charge on any atom is -0.390 e. The maximum atomic E-state index is 12.5. The van der Waals surface area contributed by atoms with E-state index in [0.29, 0.717) is 142 Å². The Hall–Kier alpha value is -4.88. The number of hydrogen-bond acceptors (Lipinski definition) is 12. The molecule has 12 heteroatoms. The van der Waals surface area contributed by atoms with Gasteiger partial charge in [-0.1, -0.05) is 160 Å². The smallest absolute Gasteiger partial charge is 0.185 e. The highest BCUT2D eigenvalue weighted by atomic mass is 16.3. The second-order valence-electron chi connectivity index (χ2n) is 34.3. The molecule has 0 aromatic rings. The summed E-state index contributed by atoms with van der Waals surface area (Å²) < 4.78 is 0. The van der Waals surface area contributed by atoms with Gasteiger partial charge in [0, 0.05) is 66.9 Å². The number of hydrogen-bond donors (Lipinski definition) is 4. The van der Waals surface area contributed by atoms with Crippen LogP contribution in [0.2, 0.25) is 0 Å². The monoisotopic (exact) mass is 1390 g/mol. The van der Waals surface area contributed by atoms with Crippen molar-refractivity contribution in [2.24, 2.45) is 47.3 Å². The van der Waals surface area contributed by atoms with Crippen molar-refractivity contribution in [3.8, 4) is 0 Å². The third-order valence-electron chi connectivity index (χ3n) is 21.6. The molecule has 0 radical (unpaired) electrons. The minimum atomic E-state index is -0.799. The first-order chi connectivity index (χ1) is 46.1. The van der Waals surface area contributed by atoms with E-state index in [2.05, 4.69) is 83.1 Å². The molecule has 4 N–H and O–H groups in total. The summed E-state index contributed by atoms with van der Waals surface area (Å²) in [6, 6.07) is 0. The van der Waals surface area contributed by atoms with Gasteiger partial charge in [0.1, 0.15) is 0 Å². The fourth-order valence-corrected chi connectivity index (χ4v) is 13.2. The highest BCUT2D eigenvalue weighted by Crippen LogP contribution is 2.35. The number of Topliss-reactive ketones (excluding diaryl/α,β-unsaturated/α-hetero) is 5. The summed E-state index contributed by atoms with van der Waals surface area (Å²) in [6.07, 6.45) is 31.4. The highest BCUT2D eigenvalue weighted by Gasteiger charge is 2.33. The molecular weight excluding hydrogens is 1250 g/mol. The van der Waals surface area contributed by atoms with Crippen LogP contribution in [0.25, 0.3) is 0 Å². The molecular formula is C88H144O12. The first kappa shape index (κ1) is 93.1. The molecule has 568 valence electrons. The zero-order valence-corrected chi connectivity index (χ0v) is 67.8. The number of carbonyl (C=O) groups is 8. The molecule has 4 aliphatic carbocycles. The van der Waals surface area contributed by atoms with E-state index in [1.54, 1.807) is 55.4 Å². The molecule has 4 unspecified atom stereocenters. The van der Waals surface area contributed by atoms with E-state index in [4.69, 9.17) is 0 Å². The number of aliphatic hydroxyl groups is 4. The lowest BCUT2D eigenvalue weighted by Crippen LogP contribution is -2.27. The van der Waals surface area contributed by atoms with E-state index in [9.17, 15) is 58.8 Å². The van der Waals surface area contributed by atoms with Gasteiger partial charge in [-0.2, -0.15) is 0 Å². The van der Waals surface area contributed by atoms with Crippen LogP contribution < -0.4 is 0 Å². The number of carbonyl (C=O) groups excluding carboxylic acids is 8. The van der Waals surface area contributed by atoms with E-state index in [-0.39, 0.29) is 46.3 Å². The van der Waals surface area contributed by atoms with E-state index >= 15 is 0 Å². The lowest BCUT2D eigenvalue weighted by atomic mass is 9.81. The SMILES string of the molecule is CC1=C(C)C(=O)C(CCC(C)(O)CC[C@H](C)CCCC(C)C)=C(C)C1=O.CC1=C(C)C(=O)C(CCC(C)(O)CC[C@H](C)CCCC(C)C)=CC1=O.CC1=CC(=O)C(CCC(C)(O)CC[C@H](C)CCCC(C)C)=C(C)C1=O.CC1=CC(=O)C=C(CCC(C)(O)CC[C@H](C)CCCC(C)C)C1=O. The van der Waals surface area contributed by atoms with Crippen LogP contribution in [0.4, 0.5) is 0 Å². The summed E-state index contributed by atoms with van der Waals surface area (Å²) in [5, 5.41) is 42.6. The van der Waals surface area contributed by atoms with Crippen molar-refractivity contribution in [2.75, 3.05) is 0 Å². The van der Waals surface area contributed by atoms with Crippen LogP contribution >= 0.6 is 0 Å². The van der Waals surface area contributed by atoms with Gasteiger partial charge >= 0.3 is 0 Å². The maximum Gasteiger partial charge on any atom is 0.185 e. The third kappa shape index (κ3) is 36.5. The zero-order valence-electron chi connectivity index (χ0n) is 67.8. The molecule has 0 bridgehead atoms. The lowest BCUT2D eigenvalue weighted by Gasteiger charge is -2.27. The first-order valence-electron chi connectivity index (χ1n) is 38.9. The highest BCUT2D eigenvalue weighted by molar-refractivity contribution is 6.25. The molecule has 0 aliphatic heterocycles. The molecule has 8 atom stereocenters. The van der Waals surface area contributed by atoms with E-state index < -0.39 is 22.4 Å². The number of rotatable bonds is 40. The Kier molecular flexibility index (Phi) is 41.6. The van der Waals surface area contributed by atoms with Crippen molar-refractivity contribution in [3.63, 3.8) is 0 Å². The predicted octanol–water partition coefficient (Wildman–Crippen LogP) is 20.7. The minimum absolute atomic E-state index is 0.0301. The molecule has 0 saturated heterocycles. The van der Waals surface area contributed by atoms with Crippen molar-refractivity contribution in [1.82, 2.24) is 0 Å². The van der Waals surface area contributed by atoms with Crippen LogP contribution in [0.5, 0.6) is 0 Å². The molecule has 0 saturated carbocycles. The molecule has 4 aliphatic rings. The number of allylic oxidation sites excluding steroid dienone is 16. The van der Waals surface area contributed by atoms with E-state index in [1.165, 1.54) is 101 Å². The van der Waals surface area contributed by atoms with Crippen molar-refractivity contribution < 1.29 is 58.8 Å². The predicted molar refractivity (Wildman–Crippen MR) is 414 cm³/mol. The summed E-state index contributed by atoms with van der Waals surface area (Å²) in [7, 11) is 0. The van der Waals surface area contributed by atoms with E-state index in [0.717, 1.165) is 75.0 Å². The quantitative estimate of drug-likeness (QED) is 0.0421. The Labute approximate surface area is 608 Å². The fourth-order valence-electron chi connectivity index (χ4n) is 13.2. The standard InChI is InChI=1S/C23H38O3.2C22H36O3.C21H34O3/c1-15(2)9-8-10-16(3)11-13-23(7,26)14-12-20-19(6)21(24)17(4)18(5)22(20)25;1-15(2)8-7-9-16(3)10-12-22(6,25)13-11-19-14-20(23)17(4)18(5)21(19)24;1-15(2)8-7-9-16(3)10-12-22(6,25)13-11-19-18(5)21(24)17(4)14-20(19)23;1-15(2)7-6-8-16(3)9-11-21(5,24)12-10-18-14-19(22)13-17(4)20(18)23/h15-16,26H,8-14H2,1-7H3;2*14-16,25H,7-13H2,1-6H3;13-16,24H,6-12H2,1-5H3/t16-,23?;2*16-,22?;16-,21?/m1111/s1. The van der Waals surface area contributed by atoms with Crippen LogP contribution in [-0.4, -0.2) is 89.1 Å². The van der Waals surface area contributed by atoms with Crippen LogP contribution in [-0.2, 0) is 38.4 Å². The van der Waals surface area contributed by atoms with Crippen LogP contribution in [0, 0.1) is 47.3 Å². The average molecular weight is 1390 g/mol. The molecule has 0 fully saturated rings. The molecule has 0 aromatic heterocycles. The molecule has 0 aromatic carbocycles. The average Bonchev–Trinajstić information content (AvgIpc) is 0.793. The largest absolute Gasteiger partial charge is 0.390 e. The molecule has 100 heavy (non-hydrogen) atoms. The fraction of sp³-hybridized carbons (Fsp3) is 0.727. The number of ketones is 8. The normalized spacial score (nSPS) is 19.3. The molecule has 0 amide bonds. The van der Waals surface area contributed by atoms with Gasteiger partial charge in [-0.3, -0.25) is 38.4 Å². The van der Waals surface area contributed by atoms with Crippen molar-refractivity contribution >= 4 is 46.3 Å². The van der Waals surface area contributed by atoms with Crippen LogP contribution in [0.1, 0.15) is 346 Å². The first-order valence-corrected chi connectivity index (χ1v) is 38.9. The Morgan fingerprint density at radius 3 is 0.940 bits per heavy atom. The Balaban J connectivity index is 0.000000667. The van der Waals surface area contributed by atoms with Gasteiger partial charge in [0.15, 0.2) is 46.3 Å². The van der Waals surface area contributed by atoms with Gasteiger partial charge in [0.2, 0.25) is 0 Å². The third-order valence-corrected chi connectivity index (χ3v) is 21.6. The van der Waals surface area contributed by atoms with Crippen molar-refractivity contribution in [3.05, 3.63) is 91.2 Å². The van der Waals surface area contributed by atoms with Gasteiger partial charge in [0.25, 0.3) is 0 Å². The summed E-state index contributed by atoms with van der Waals surface area (Å²) >= 11 is 0.